The highest BCUT2D eigenvalue weighted by molar-refractivity contribution is 5.13. The van der Waals surface area contributed by atoms with Gasteiger partial charge in [-0.2, -0.15) is 0 Å². The Kier molecular flexibility index (Phi) is 1.28. The lowest BCUT2D eigenvalue weighted by Gasteiger charge is -2.38. The Bertz CT molecular complexity index is 162. The van der Waals surface area contributed by atoms with Gasteiger partial charge in [0, 0.05) is 0 Å². The van der Waals surface area contributed by atoms with E-state index in [-0.39, 0.29) is 5.06 Å². The predicted octanol–water partition coefficient (Wildman–Crippen LogP) is -0.492. The summed E-state index contributed by atoms with van der Waals surface area (Å²) in [4.78, 5) is 0. The molecule has 1 heterocycles. The van der Waals surface area contributed by atoms with E-state index in [2.05, 4.69) is 0 Å². The number of hydroxylamine groups is 2. The lowest BCUT2D eigenvalue weighted by atomic mass is 10.3. The molecule has 1 aliphatic heterocycles. The molecule has 1 aliphatic rings. The molecule has 4 heteroatoms. The van der Waals surface area contributed by atoms with E-state index in [1.54, 1.807) is 0 Å². The lowest BCUT2D eigenvalue weighted by molar-refractivity contribution is -0.194. The highest BCUT2D eigenvalue weighted by atomic mass is 16.6. The zero-order valence-corrected chi connectivity index (χ0v) is 4.56. The van der Waals surface area contributed by atoms with Gasteiger partial charge in [-0.25, -0.2) is 0 Å². The summed E-state index contributed by atoms with van der Waals surface area (Å²) in [6.45, 7) is 0. The van der Waals surface area contributed by atoms with E-state index in [1.165, 1.54) is 12.2 Å². The van der Waals surface area contributed by atoms with Gasteiger partial charge in [-0.1, -0.05) is 6.08 Å². The van der Waals surface area contributed by atoms with Crippen LogP contribution in [0.3, 0.4) is 0 Å². The van der Waals surface area contributed by atoms with E-state index in [4.69, 9.17) is 10.2 Å². The van der Waals surface area contributed by atoms with Crippen LogP contribution in [-0.2, 0) is 0 Å². The molecule has 9 heavy (non-hydrogen) atoms. The molecule has 0 radical (unpaired) electrons. The van der Waals surface area contributed by atoms with Crippen LogP contribution >= 0.6 is 0 Å². The monoisotopic (exact) mass is 128 g/mol. The van der Waals surface area contributed by atoms with Crippen molar-refractivity contribution in [1.29, 1.82) is 0 Å². The number of allylic oxidation sites excluding steroid dienone is 2. The zero-order valence-electron chi connectivity index (χ0n) is 4.56. The summed E-state index contributed by atoms with van der Waals surface area (Å²) < 4.78 is 0. The first-order chi connectivity index (χ1) is 4.13. The topological polar surface area (TPSA) is 66.8 Å². The smallest absolute Gasteiger partial charge is 0.257 e. The van der Waals surface area contributed by atoms with Crippen LogP contribution in [0.2, 0.25) is 0 Å². The Labute approximate surface area is 51.9 Å². The van der Waals surface area contributed by atoms with Gasteiger partial charge in [0.15, 0.2) is 0 Å². The molecule has 0 saturated carbocycles. The summed E-state index contributed by atoms with van der Waals surface area (Å²) in [7, 11) is 0. The molecule has 0 atom stereocenters. The SMILES string of the molecule is [O-]N1C=CC=CC1(O)O. The normalized spacial score (nSPS) is 22.8. The quantitative estimate of drug-likeness (QED) is 0.432. The molecule has 0 aliphatic carbocycles. The molecule has 0 saturated heterocycles. The Morgan fingerprint density at radius 1 is 1.33 bits per heavy atom. The molecule has 0 amide bonds. The van der Waals surface area contributed by atoms with E-state index in [9.17, 15) is 5.21 Å². The van der Waals surface area contributed by atoms with E-state index < -0.39 is 5.91 Å². The molecule has 0 fully saturated rings. The van der Waals surface area contributed by atoms with Crippen molar-refractivity contribution in [2.45, 2.75) is 5.91 Å². The zero-order chi connectivity index (χ0) is 6.91. The minimum absolute atomic E-state index is 0.0486. The maximum absolute atomic E-state index is 10.4. The van der Waals surface area contributed by atoms with Crippen molar-refractivity contribution >= 4 is 0 Å². The summed E-state index contributed by atoms with van der Waals surface area (Å²) in [5, 5.41) is 27.8. The average molecular weight is 128 g/mol. The Hall–Kier alpha value is -0.840. The van der Waals surface area contributed by atoms with Gasteiger partial charge >= 0.3 is 0 Å². The van der Waals surface area contributed by atoms with Crippen molar-refractivity contribution in [3.8, 4) is 0 Å². The predicted molar refractivity (Wildman–Crippen MR) is 30.7 cm³/mol. The molecule has 0 aromatic heterocycles. The van der Waals surface area contributed by atoms with E-state index in [1.807, 2.05) is 0 Å². The Balaban J connectivity index is 2.78. The molecule has 2 N–H and O–H groups in total. The summed E-state index contributed by atoms with van der Waals surface area (Å²) in [5.41, 5.74) is 0. The molecule has 0 unspecified atom stereocenters. The van der Waals surface area contributed by atoms with E-state index in [0.717, 1.165) is 12.3 Å². The first-order valence-corrected chi connectivity index (χ1v) is 2.40. The van der Waals surface area contributed by atoms with Crippen LogP contribution in [0.15, 0.2) is 24.4 Å². The van der Waals surface area contributed by atoms with Crippen molar-refractivity contribution in [1.82, 2.24) is 5.06 Å². The van der Waals surface area contributed by atoms with Crippen molar-refractivity contribution in [2.75, 3.05) is 0 Å². The summed E-state index contributed by atoms with van der Waals surface area (Å²) in [6, 6.07) is 0. The number of nitrogens with zero attached hydrogens (tertiary/aromatic N) is 1. The van der Waals surface area contributed by atoms with Gasteiger partial charge in [-0.15, -0.1) is 0 Å². The van der Waals surface area contributed by atoms with Gasteiger partial charge in [0.25, 0.3) is 5.91 Å². The first kappa shape index (κ1) is 6.28. The number of hydrogen-bond acceptors (Lipinski definition) is 4. The van der Waals surface area contributed by atoms with Crippen LogP contribution in [0.1, 0.15) is 0 Å². The highest BCUT2D eigenvalue weighted by Gasteiger charge is 2.19. The standard InChI is InChI=1S/C5H6NO3/c7-5(8)3-1-2-4-6(5)9/h1-4,7-8H/q-1. The van der Waals surface area contributed by atoms with Crippen LogP contribution in [0.25, 0.3) is 0 Å². The minimum atomic E-state index is -2.35. The molecule has 0 bridgehead atoms. The van der Waals surface area contributed by atoms with E-state index >= 15 is 0 Å². The molecular formula is C5H6NO3-. The molecule has 50 valence electrons. The maximum atomic E-state index is 10.4. The lowest BCUT2D eigenvalue weighted by Crippen LogP contribution is -2.41. The third kappa shape index (κ3) is 1.10. The molecule has 0 aromatic rings. The largest absolute Gasteiger partial charge is 0.755 e. The van der Waals surface area contributed by atoms with E-state index in [0.29, 0.717) is 0 Å². The first-order valence-electron chi connectivity index (χ1n) is 2.40. The second-order valence-electron chi connectivity index (χ2n) is 1.71. The van der Waals surface area contributed by atoms with Gasteiger partial charge in [0.2, 0.25) is 0 Å². The molecule has 4 nitrogen and oxygen atoms in total. The van der Waals surface area contributed by atoms with Gasteiger partial charge in [0.1, 0.15) is 0 Å². The second kappa shape index (κ2) is 1.84. The molecular weight excluding hydrogens is 122 g/mol. The van der Waals surface area contributed by atoms with Crippen molar-refractivity contribution in [2.24, 2.45) is 0 Å². The van der Waals surface area contributed by atoms with Crippen LogP contribution in [-0.4, -0.2) is 21.2 Å². The summed E-state index contributed by atoms with van der Waals surface area (Å²) in [5.74, 6) is -2.35. The minimum Gasteiger partial charge on any atom is -0.755 e. The third-order valence-corrected chi connectivity index (χ3v) is 0.977. The van der Waals surface area contributed by atoms with Gasteiger partial charge < -0.3 is 20.5 Å². The average Bonchev–Trinajstić information content (AvgIpc) is 1.77. The van der Waals surface area contributed by atoms with Crippen LogP contribution in [0, 0.1) is 5.21 Å². The van der Waals surface area contributed by atoms with Gasteiger partial charge in [-0.05, 0) is 18.4 Å². The Morgan fingerprint density at radius 2 is 2.00 bits per heavy atom. The summed E-state index contributed by atoms with van der Waals surface area (Å²) in [6.07, 6.45) is 4.81. The second-order valence-corrected chi connectivity index (χ2v) is 1.71. The Morgan fingerprint density at radius 3 is 2.33 bits per heavy atom. The summed E-state index contributed by atoms with van der Waals surface area (Å²) >= 11 is 0. The van der Waals surface area contributed by atoms with Crippen LogP contribution in [0.5, 0.6) is 0 Å². The molecule has 1 rings (SSSR count). The number of rotatable bonds is 0. The van der Waals surface area contributed by atoms with Crippen molar-refractivity contribution in [3.63, 3.8) is 0 Å². The van der Waals surface area contributed by atoms with Crippen molar-refractivity contribution in [3.05, 3.63) is 29.6 Å². The van der Waals surface area contributed by atoms with Gasteiger partial charge in [-0.3, -0.25) is 0 Å². The maximum Gasteiger partial charge on any atom is 0.257 e. The fraction of sp³-hybridized carbons (Fsp3) is 0.200. The third-order valence-electron chi connectivity index (χ3n) is 0.977. The fourth-order valence-electron chi connectivity index (χ4n) is 0.496. The molecule has 0 spiro atoms. The van der Waals surface area contributed by atoms with Crippen molar-refractivity contribution < 1.29 is 10.2 Å². The fourth-order valence-corrected chi connectivity index (χ4v) is 0.496. The molecule has 0 aromatic carbocycles. The van der Waals surface area contributed by atoms with Crippen LogP contribution < -0.4 is 0 Å². The van der Waals surface area contributed by atoms with Gasteiger partial charge in [0.05, 0.1) is 0 Å². The van der Waals surface area contributed by atoms with Crippen LogP contribution in [0.4, 0.5) is 0 Å². The number of aliphatic hydroxyl groups is 2. The highest BCUT2D eigenvalue weighted by Crippen LogP contribution is 2.12. The number of hydrogen-bond donors (Lipinski definition) is 2.